The Balaban J connectivity index is 1.23. The average Bonchev–Trinajstić information content (AvgIpc) is 3.43. The SMILES string of the molecule is O=C1CCC(N2Cc3cc(CNC(=O)c4cc(-c5ccc(Cl)cc5)n[nH]4)ccc3C2=O)C(=O)N1. The standard InChI is InChI=1S/C24H20ClN5O4/c25-16-4-2-14(3-5-16)18-10-19(29-28-18)22(32)26-11-13-1-6-17-15(9-13)12-30(24(17)34)20-7-8-21(31)27-23(20)33/h1-6,9-10,20H,7-8,11-12H2,(H,26,32)(H,28,29)(H,27,31,33). The first-order chi connectivity index (χ1) is 16.4. The van der Waals surface area contributed by atoms with Crippen molar-refractivity contribution in [2.75, 3.05) is 0 Å². The fourth-order valence-electron chi connectivity index (χ4n) is 4.22. The summed E-state index contributed by atoms with van der Waals surface area (Å²) in [6.07, 6.45) is 0.524. The molecule has 10 heteroatoms. The lowest BCUT2D eigenvalue weighted by Gasteiger charge is -2.29. The van der Waals surface area contributed by atoms with E-state index in [0.717, 1.165) is 16.7 Å². The Morgan fingerprint density at radius 2 is 1.91 bits per heavy atom. The molecule has 0 spiro atoms. The maximum Gasteiger partial charge on any atom is 0.269 e. The smallest absolute Gasteiger partial charge is 0.269 e. The van der Waals surface area contributed by atoms with Crippen LogP contribution in [0.1, 0.15) is 44.8 Å². The molecule has 9 nitrogen and oxygen atoms in total. The molecule has 1 atom stereocenters. The zero-order valence-electron chi connectivity index (χ0n) is 17.9. The van der Waals surface area contributed by atoms with Crippen LogP contribution in [-0.4, -0.2) is 44.8 Å². The number of amides is 4. The third-order valence-corrected chi connectivity index (χ3v) is 6.26. The van der Waals surface area contributed by atoms with Gasteiger partial charge in [0.25, 0.3) is 11.8 Å². The minimum Gasteiger partial charge on any atom is -0.347 e. The highest BCUT2D eigenvalue weighted by Gasteiger charge is 2.39. The Labute approximate surface area is 199 Å². The molecule has 2 aromatic carbocycles. The highest BCUT2D eigenvalue weighted by molar-refractivity contribution is 6.30. The molecule has 1 aromatic heterocycles. The van der Waals surface area contributed by atoms with E-state index in [1.807, 2.05) is 18.2 Å². The van der Waals surface area contributed by atoms with Crippen LogP contribution in [0.4, 0.5) is 0 Å². The number of nitrogens with one attached hydrogen (secondary N) is 3. The number of imide groups is 1. The first kappa shape index (κ1) is 21.8. The Morgan fingerprint density at radius 1 is 1.12 bits per heavy atom. The molecule has 3 aromatic rings. The Kier molecular flexibility index (Phi) is 5.62. The summed E-state index contributed by atoms with van der Waals surface area (Å²) in [5, 5.41) is 12.7. The molecular formula is C24H20ClN5O4. The van der Waals surface area contributed by atoms with E-state index in [9.17, 15) is 19.2 Å². The third kappa shape index (κ3) is 4.17. The first-order valence-electron chi connectivity index (χ1n) is 10.7. The number of halogens is 1. The molecule has 0 aliphatic carbocycles. The second-order valence-corrected chi connectivity index (χ2v) is 8.68. The van der Waals surface area contributed by atoms with Gasteiger partial charge < -0.3 is 10.2 Å². The van der Waals surface area contributed by atoms with Crippen LogP contribution in [0, 0.1) is 0 Å². The van der Waals surface area contributed by atoms with Crippen molar-refractivity contribution >= 4 is 35.2 Å². The predicted molar refractivity (Wildman–Crippen MR) is 123 cm³/mol. The normalized spacial score (nSPS) is 17.5. The van der Waals surface area contributed by atoms with Crippen LogP contribution in [0.5, 0.6) is 0 Å². The van der Waals surface area contributed by atoms with Gasteiger partial charge in [0.15, 0.2) is 0 Å². The van der Waals surface area contributed by atoms with E-state index in [1.165, 1.54) is 4.90 Å². The van der Waals surface area contributed by atoms with Gasteiger partial charge in [-0.15, -0.1) is 0 Å². The van der Waals surface area contributed by atoms with Crippen molar-refractivity contribution in [3.63, 3.8) is 0 Å². The fraction of sp³-hybridized carbons (Fsp3) is 0.208. The van der Waals surface area contributed by atoms with Crippen LogP contribution in [0.25, 0.3) is 11.3 Å². The molecule has 0 radical (unpaired) electrons. The van der Waals surface area contributed by atoms with Gasteiger partial charge in [-0.05, 0) is 41.8 Å². The lowest BCUT2D eigenvalue weighted by molar-refractivity contribution is -0.136. The highest BCUT2D eigenvalue weighted by Crippen LogP contribution is 2.28. The van der Waals surface area contributed by atoms with Gasteiger partial charge in [-0.2, -0.15) is 5.10 Å². The van der Waals surface area contributed by atoms with Crippen LogP contribution in [-0.2, 0) is 22.7 Å². The molecule has 4 amide bonds. The number of aromatic nitrogens is 2. The minimum atomic E-state index is -0.657. The van der Waals surface area contributed by atoms with Crippen LogP contribution >= 0.6 is 11.6 Å². The van der Waals surface area contributed by atoms with Crippen LogP contribution in [0.3, 0.4) is 0 Å². The van der Waals surface area contributed by atoms with E-state index in [-0.39, 0.29) is 37.2 Å². The van der Waals surface area contributed by atoms with E-state index in [2.05, 4.69) is 20.8 Å². The molecule has 5 rings (SSSR count). The molecule has 2 aliphatic rings. The van der Waals surface area contributed by atoms with Gasteiger partial charge in [-0.25, -0.2) is 0 Å². The second-order valence-electron chi connectivity index (χ2n) is 8.25. The summed E-state index contributed by atoms with van der Waals surface area (Å²) in [6, 6.07) is 13.5. The molecular weight excluding hydrogens is 458 g/mol. The van der Waals surface area contributed by atoms with E-state index in [0.29, 0.717) is 28.4 Å². The number of rotatable bonds is 5. The number of benzene rings is 2. The molecule has 1 fully saturated rings. The molecule has 1 saturated heterocycles. The van der Waals surface area contributed by atoms with Crippen molar-refractivity contribution < 1.29 is 19.2 Å². The number of hydrogen-bond donors (Lipinski definition) is 3. The monoisotopic (exact) mass is 477 g/mol. The van der Waals surface area contributed by atoms with E-state index < -0.39 is 11.9 Å². The van der Waals surface area contributed by atoms with Crippen molar-refractivity contribution in [1.82, 2.24) is 25.7 Å². The molecule has 3 N–H and O–H groups in total. The Morgan fingerprint density at radius 3 is 2.68 bits per heavy atom. The summed E-state index contributed by atoms with van der Waals surface area (Å²) in [6.45, 7) is 0.543. The molecule has 2 aliphatic heterocycles. The number of carbonyl (C=O) groups is 4. The summed E-state index contributed by atoms with van der Waals surface area (Å²) < 4.78 is 0. The van der Waals surface area contributed by atoms with Crippen LogP contribution in [0.2, 0.25) is 5.02 Å². The van der Waals surface area contributed by atoms with Gasteiger partial charge >= 0.3 is 0 Å². The number of hydrogen-bond acceptors (Lipinski definition) is 5. The lowest BCUT2D eigenvalue weighted by Crippen LogP contribution is -2.52. The number of nitrogens with zero attached hydrogens (tertiary/aromatic N) is 2. The summed E-state index contributed by atoms with van der Waals surface area (Å²) in [4.78, 5) is 50.5. The molecule has 172 valence electrons. The van der Waals surface area contributed by atoms with Crippen molar-refractivity contribution in [2.24, 2.45) is 0 Å². The quantitative estimate of drug-likeness (QED) is 0.487. The molecule has 0 saturated carbocycles. The van der Waals surface area contributed by atoms with Gasteiger partial charge in [0, 0.05) is 35.7 Å². The summed E-state index contributed by atoms with van der Waals surface area (Å²) in [5.74, 6) is -1.30. The molecule has 1 unspecified atom stereocenters. The van der Waals surface area contributed by atoms with Gasteiger partial charge in [-0.3, -0.25) is 29.6 Å². The van der Waals surface area contributed by atoms with Crippen LogP contribution < -0.4 is 10.6 Å². The maximum atomic E-state index is 12.8. The number of piperidine rings is 1. The second kappa shape index (κ2) is 8.75. The topological polar surface area (TPSA) is 124 Å². The third-order valence-electron chi connectivity index (χ3n) is 6.00. The largest absolute Gasteiger partial charge is 0.347 e. The lowest BCUT2D eigenvalue weighted by atomic mass is 10.0. The maximum absolute atomic E-state index is 12.8. The average molecular weight is 478 g/mol. The summed E-state index contributed by atoms with van der Waals surface area (Å²) in [5.41, 5.74) is 3.93. The molecule has 3 heterocycles. The van der Waals surface area contributed by atoms with E-state index in [1.54, 1.807) is 30.3 Å². The van der Waals surface area contributed by atoms with Crippen molar-refractivity contribution in [3.8, 4) is 11.3 Å². The van der Waals surface area contributed by atoms with Crippen LogP contribution in [0.15, 0.2) is 48.5 Å². The van der Waals surface area contributed by atoms with Gasteiger partial charge in [0.1, 0.15) is 11.7 Å². The molecule has 34 heavy (non-hydrogen) atoms. The number of carbonyl (C=O) groups excluding carboxylic acids is 4. The number of fused-ring (bicyclic) bond motifs is 1. The van der Waals surface area contributed by atoms with Gasteiger partial charge in [0.05, 0.1) is 5.69 Å². The first-order valence-corrected chi connectivity index (χ1v) is 11.1. The number of aromatic amines is 1. The Bertz CT molecular complexity index is 1320. The fourth-order valence-corrected chi connectivity index (χ4v) is 4.35. The predicted octanol–water partition coefficient (Wildman–Crippen LogP) is 2.42. The molecule has 0 bridgehead atoms. The van der Waals surface area contributed by atoms with E-state index in [4.69, 9.17) is 11.6 Å². The van der Waals surface area contributed by atoms with Gasteiger partial charge in [-0.1, -0.05) is 35.9 Å². The van der Waals surface area contributed by atoms with Crippen molar-refractivity contribution in [2.45, 2.75) is 32.0 Å². The van der Waals surface area contributed by atoms with Crippen molar-refractivity contribution in [1.29, 1.82) is 0 Å². The van der Waals surface area contributed by atoms with E-state index >= 15 is 0 Å². The van der Waals surface area contributed by atoms with Crippen molar-refractivity contribution in [3.05, 3.63) is 75.9 Å². The zero-order valence-corrected chi connectivity index (χ0v) is 18.7. The Hall–Kier alpha value is -3.98. The summed E-state index contributed by atoms with van der Waals surface area (Å²) >= 11 is 5.91. The zero-order chi connectivity index (χ0) is 23.8. The van der Waals surface area contributed by atoms with Gasteiger partial charge in [0.2, 0.25) is 11.8 Å². The summed E-state index contributed by atoms with van der Waals surface area (Å²) in [7, 11) is 0. The number of H-pyrrole nitrogens is 1. The highest BCUT2D eigenvalue weighted by atomic mass is 35.5. The minimum absolute atomic E-state index is 0.209.